The van der Waals surface area contributed by atoms with E-state index in [1.807, 2.05) is 19.1 Å². The van der Waals surface area contributed by atoms with Gasteiger partial charge in [-0.15, -0.1) is 0 Å². The number of aryl methyl sites for hydroxylation is 2. The third-order valence-corrected chi connectivity index (χ3v) is 8.01. The monoisotopic (exact) mass is 480 g/mol. The molecule has 0 N–H and O–H groups in total. The van der Waals surface area contributed by atoms with Crippen molar-refractivity contribution in [1.82, 2.24) is 0 Å². The molecule has 0 amide bonds. The standard InChI is InChI=1S/C32H39F3/c1-3-5-6-8-22-9-11-23(12-10-22)13-14-24-15-17-25(18-16-24)28-20-19-26-21-27(7-4-2)30(33)32(35)29(26)31(28)34/h15-23H,3-14H2,1-2H3. The molecule has 1 aliphatic rings. The lowest BCUT2D eigenvalue weighted by atomic mass is 9.78. The van der Waals surface area contributed by atoms with Gasteiger partial charge in [-0.25, -0.2) is 13.2 Å². The molecule has 0 unspecified atom stereocenters. The molecular weight excluding hydrogens is 441 g/mol. The second-order valence-corrected chi connectivity index (χ2v) is 10.6. The molecule has 0 heterocycles. The molecule has 0 spiro atoms. The third-order valence-electron chi connectivity index (χ3n) is 8.01. The Morgan fingerprint density at radius 2 is 1.37 bits per heavy atom. The summed E-state index contributed by atoms with van der Waals surface area (Å²) in [6.07, 6.45) is 14.3. The average Bonchev–Trinajstić information content (AvgIpc) is 2.87. The maximum atomic E-state index is 15.3. The van der Waals surface area contributed by atoms with Crippen molar-refractivity contribution in [2.45, 2.75) is 90.9 Å². The van der Waals surface area contributed by atoms with Gasteiger partial charge in [-0.2, -0.15) is 0 Å². The van der Waals surface area contributed by atoms with E-state index in [0.717, 1.165) is 18.3 Å². The fourth-order valence-electron chi connectivity index (χ4n) is 5.82. The first-order valence-electron chi connectivity index (χ1n) is 13.7. The Morgan fingerprint density at radius 3 is 2.03 bits per heavy atom. The Balaban J connectivity index is 1.40. The zero-order valence-corrected chi connectivity index (χ0v) is 21.3. The van der Waals surface area contributed by atoms with Crippen molar-refractivity contribution in [2.75, 3.05) is 0 Å². The number of rotatable bonds is 10. The summed E-state index contributed by atoms with van der Waals surface area (Å²) in [4.78, 5) is 0. The van der Waals surface area contributed by atoms with Gasteiger partial charge in [0.25, 0.3) is 0 Å². The van der Waals surface area contributed by atoms with Crippen molar-refractivity contribution < 1.29 is 13.2 Å². The van der Waals surface area contributed by atoms with Gasteiger partial charge in [0.2, 0.25) is 0 Å². The highest BCUT2D eigenvalue weighted by atomic mass is 19.2. The van der Waals surface area contributed by atoms with Crippen LogP contribution in [0.1, 0.15) is 89.2 Å². The van der Waals surface area contributed by atoms with Crippen molar-refractivity contribution >= 4 is 10.8 Å². The van der Waals surface area contributed by atoms with Gasteiger partial charge in [-0.3, -0.25) is 0 Å². The molecule has 3 aromatic carbocycles. The molecule has 0 radical (unpaired) electrons. The van der Waals surface area contributed by atoms with E-state index >= 15 is 4.39 Å². The van der Waals surface area contributed by atoms with Crippen molar-refractivity contribution in [2.24, 2.45) is 11.8 Å². The van der Waals surface area contributed by atoms with Crippen molar-refractivity contribution in [1.29, 1.82) is 0 Å². The lowest BCUT2D eigenvalue weighted by molar-refractivity contribution is 0.249. The molecule has 0 aromatic heterocycles. The lowest BCUT2D eigenvalue weighted by Crippen LogP contribution is -2.15. The van der Waals surface area contributed by atoms with E-state index in [1.165, 1.54) is 63.4 Å². The molecule has 4 rings (SSSR count). The van der Waals surface area contributed by atoms with Gasteiger partial charge in [0.1, 0.15) is 5.82 Å². The van der Waals surface area contributed by atoms with Crippen LogP contribution >= 0.6 is 0 Å². The van der Waals surface area contributed by atoms with E-state index in [1.54, 1.807) is 18.2 Å². The zero-order valence-electron chi connectivity index (χ0n) is 21.3. The van der Waals surface area contributed by atoms with Crippen LogP contribution in [-0.4, -0.2) is 0 Å². The minimum atomic E-state index is -1.08. The fraction of sp³-hybridized carbons (Fsp3) is 0.500. The molecule has 188 valence electrons. The van der Waals surface area contributed by atoms with Crippen LogP contribution in [0, 0.1) is 29.3 Å². The number of hydrogen-bond donors (Lipinski definition) is 0. The second-order valence-electron chi connectivity index (χ2n) is 10.6. The van der Waals surface area contributed by atoms with Gasteiger partial charge in [0, 0.05) is 5.56 Å². The molecular formula is C32H39F3. The van der Waals surface area contributed by atoms with Crippen LogP contribution in [0.3, 0.4) is 0 Å². The second kappa shape index (κ2) is 12.1. The molecule has 0 saturated heterocycles. The van der Waals surface area contributed by atoms with E-state index in [4.69, 9.17) is 0 Å². The zero-order chi connectivity index (χ0) is 24.8. The first-order valence-corrected chi connectivity index (χ1v) is 13.7. The van der Waals surface area contributed by atoms with Crippen molar-refractivity contribution in [3.05, 3.63) is 71.0 Å². The highest BCUT2D eigenvalue weighted by molar-refractivity contribution is 5.89. The summed E-state index contributed by atoms with van der Waals surface area (Å²) in [6.45, 7) is 4.18. The smallest absolute Gasteiger partial charge is 0.169 e. The number of fused-ring (bicyclic) bond motifs is 1. The molecule has 0 nitrogen and oxygen atoms in total. The number of hydrogen-bond acceptors (Lipinski definition) is 0. The highest BCUT2D eigenvalue weighted by Gasteiger charge is 2.21. The first kappa shape index (κ1) is 25.8. The minimum Gasteiger partial charge on any atom is -0.206 e. The van der Waals surface area contributed by atoms with Crippen molar-refractivity contribution in [3.8, 4) is 11.1 Å². The van der Waals surface area contributed by atoms with Crippen LogP contribution in [0.5, 0.6) is 0 Å². The quantitative estimate of drug-likeness (QED) is 0.253. The summed E-state index contributed by atoms with van der Waals surface area (Å²) >= 11 is 0. The summed E-state index contributed by atoms with van der Waals surface area (Å²) in [7, 11) is 0. The van der Waals surface area contributed by atoms with E-state index in [2.05, 4.69) is 19.1 Å². The Bertz CT molecular complexity index is 1110. The largest absolute Gasteiger partial charge is 0.206 e. The summed E-state index contributed by atoms with van der Waals surface area (Å²) in [5.74, 6) is -0.955. The predicted octanol–water partition coefficient (Wildman–Crippen LogP) is 10.2. The summed E-state index contributed by atoms with van der Waals surface area (Å²) in [5.41, 5.74) is 2.56. The van der Waals surface area contributed by atoms with Gasteiger partial charge in [-0.1, -0.05) is 108 Å². The Labute approximate surface area is 209 Å². The molecule has 35 heavy (non-hydrogen) atoms. The van der Waals surface area contributed by atoms with Gasteiger partial charge in [-0.05, 0) is 59.2 Å². The van der Waals surface area contributed by atoms with E-state index in [0.29, 0.717) is 34.9 Å². The number of unbranched alkanes of at least 4 members (excludes halogenated alkanes) is 2. The van der Waals surface area contributed by atoms with Crippen LogP contribution < -0.4 is 0 Å². The maximum Gasteiger partial charge on any atom is 0.169 e. The molecule has 1 aliphatic carbocycles. The van der Waals surface area contributed by atoms with E-state index in [-0.39, 0.29) is 5.39 Å². The predicted molar refractivity (Wildman–Crippen MR) is 141 cm³/mol. The van der Waals surface area contributed by atoms with Gasteiger partial charge in [0.15, 0.2) is 11.6 Å². The molecule has 1 fully saturated rings. The summed E-state index contributed by atoms with van der Waals surface area (Å²) < 4.78 is 44.6. The third kappa shape index (κ3) is 6.11. The van der Waals surface area contributed by atoms with E-state index < -0.39 is 17.5 Å². The maximum absolute atomic E-state index is 15.3. The molecule has 1 saturated carbocycles. The van der Waals surface area contributed by atoms with Crippen LogP contribution in [-0.2, 0) is 12.8 Å². The molecule has 3 aromatic rings. The van der Waals surface area contributed by atoms with Gasteiger partial charge >= 0.3 is 0 Å². The molecule has 0 bridgehead atoms. The molecule has 3 heteroatoms. The van der Waals surface area contributed by atoms with Crippen LogP contribution in [0.2, 0.25) is 0 Å². The van der Waals surface area contributed by atoms with Crippen LogP contribution in [0.25, 0.3) is 21.9 Å². The first-order chi connectivity index (χ1) is 17.0. The Kier molecular flexibility index (Phi) is 8.92. The highest BCUT2D eigenvalue weighted by Crippen LogP contribution is 2.35. The molecule has 0 atom stereocenters. The van der Waals surface area contributed by atoms with Gasteiger partial charge in [0.05, 0.1) is 5.39 Å². The SMILES string of the molecule is CCCCCC1CCC(CCc2ccc(-c3ccc4cc(CCC)c(F)c(F)c4c3F)cc2)CC1. The normalized spacial score (nSPS) is 18.3. The summed E-state index contributed by atoms with van der Waals surface area (Å²) in [6, 6.07) is 12.9. The fourth-order valence-corrected chi connectivity index (χ4v) is 5.82. The molecule has 0 aliphatic heterocycles. The minimum absolute atomic E-state index is 0.255. The Morgan fingerprint density at radius 1 is 0.686 bits per heavy atom. The lowest BCUT2D eigenvalue weighted by Gasteiger charge is -2.28. The van der Waals surface area contributed by atoms with Crippen LogP contribution in [0.15, 0.2) is 42.5 Å². The van der Waals surface area contributed by atoms with Gasteiger partial charge < -0.3 is 0 Å². The number of benzene rings is 3. The van der Waals surface area contributed by atoms with Crippen molar-refractivity contribution in [3.63, 3.8) is 0 Å². The van der Waals surface area contributed by atoms with E-state index in [9.17, 15) is 8.78 Å². The summed E-state index contributed by atoms with van der Waals surface area (Å²) in [5, 5.41) is 0.152. The van der Waals surface area contributed by atoms with Crippen LogP contribution in [0.4, 0.5) is 13.2 Å². The topological polar surface area (TPSA) is 0 Å². The number of halogens is 3. The Hall–Kier alpha value is -2.29. The average molecular weight is 481 g/mol.